The first-order valence-electron chi connectivity index (χ1n) is 5.07. The molecule has 1 aliphatic heterocycles. The van der Waals surface area contributed by atoms with E-state index < -0.39 is 12.2 Å². The van der Waals surface area contributed by atoms with Crippen LogP contribution in [0.25, 0.3) is 0 Å². The van der Waals surface area contributed by atoms with Crippen molar-refractivity contribution >= 4 is 5.97 Å². The van der Waals surface area contributed by atoms with Crippen molar-refractivity contribution in [2.45, 2.75) is 51.4 Å². The molecule has 0 amide bonds. The number of aliphatic hydroxyl groups is 2. The van der Waals surface area contributed by atoms with E-state index in [1.165, 1.54) is 0 Å². The lowest BCUT2D eigenvalue weighted by molar-refractivity contribution is -0.183. The average Bonchev–Trinajstić information content (AvgIpc) is 2.10. The fraction of sp³-hybridized carbons (Fsp3) is 0.900. The summed E-state index contributed by atoms with van der Waals surface area (Å²) >= 11 is 0. The van der Waals surface area contributed by atoms with Crippen molar-refractivity contribution in [1.29, 1.82) is 0 Å². The van der Waals surface area contributed by atoms with Gasteiger partial charge in [-0.25, -0.2) is 0 Å². The molecule has 0 aliphatic carbocycles. The van der Waals surface area contributed by atoms with Crippen molar-refractivity contribution in [3.8, 4) is 0 Å². The Labute approximate surface area is 83.9 Å². The Kier molecular flexibility index (Phi) is 3.89. The molecule has 4 nitrogen and oxygen atoms in total. The normalized spacial score (nSPS) is 30.4. The first-order chi connectivity index (χ1) is 6.50. The van der Waals surface area contributed by atoms with Crippen molar-refractivity contribution < 1.29 is 19.7 Å². The van der Waals surface area contributed by atoms with Gasteiger partial charge in [-0.15, -0.1) is 0 Å². The molecule has 1 fully saturated rings. The Hall–Kier alpha value is -0.610. The lowest BCUT2D eigenvalue weighted by Gasteiger charge is -2.33. The van der Waals surface area contributed by atoms with Gasteiger partial charge in [0.1, 0.15) is 6.10 Å². The molecule has 1 saturated heterocycles. The predicted molar refractivity (Wildman–Crippen MR) is 50.6 cm³/mol. The second-order valence-corrected chi connectivity index (χ2v) is 4.08. The molecule has 2 N–H and O–H groups in total. The summed E-state index contributed by atoms with van der Waals surface area (Å²) in [5, 5.41) is 18.4. The molecule has 0 spiro atoms. The van der Waals surface area contributed by atoms with Gasteiger partial charge in [0.25, 0.3) is 0 Å². The molecular weight excluding hydrogens is 184 g/mol. The van der Waals surface area contributed by atoms with E-state index in [0.717, 1.165) is 0 Å². The van der Waals surface area contributed by atoms with Crippen LogP contribution in [-0.2, 0) is 9.53 Å². The van der Waals surface area contributed by atoms with E-state index in [4.69, 9.17) is 9.84 Å². The zero-order chi connectivity index (χ0) is 10.7. The van der Waals surface area contributed by atoms with Crippen LogP contribution in [-0.4, -0.2) is 34.5 Å². The average molecular weight is 202 g/mol. The molecule has 0 bridgehead atoms. The fourth-order valence-electron chi connectivity index (χ4n) is 1.62. The Bertz CT molecular complexity index is 202. The maximum atomic E-state index is 10.7. The molecule has 0 radical (unpaired) electrons. The minimum Gasteiger partial charge on any atom is -0.461 e. The van der Waals surface area contributed by atoms with Crippen LogP contribution >= 0.6 is 0 Å². The highest BCUT2D eigenvalue weighted by Gasteiger charge is 2.38. The monoisotopic (exact) mass is 202 g/mol. The number of ether oxygens (including phenoxy) is 1. The molecule has 1 heterocycles. The van der Waals surface area contributed by atoms with Crippen molar-refractivity contribution in [2.24, 2.45) is 5.92 Å². The van der Waals surface area contributed by atoms with Crippen LogP contribution in [0.15, 0.2) is 0 Å². The summed E-state index contributed by atoms with van der Waals surface area (Å²) < 4.78 is 4.89. The largest absolute Gasteiger partial charge is 0.461 e. The predicted octanol–water partition coefficient (Wildman–Crippen LogP) is 0.460. The summed E-state index contributed by atoms with van der Waals surface area (Å²) in [6.45, 7) is 3.48. The molecule has 4 atom stereocenters. The van der Waals surface area contributed by atoms with Gasteiger partial charge in [-0.2, -0.15) is 0 Å². The SMILES string of the molecule is C[C@H](O)C[C@H](O)CC[C@H]1OC(=O)[C@@H]1C. The van der Waals surface area contributed by atoms with Crippen molar-refractivity contribution in [1.82, 2.24) is 0 Å². The summed E-state index contributed by atoms with van der Waals surface area (Å²) in [6, 6.07) is 0. The molecule has 0 aromatic rings. The molecule has 0 aromatic carbocycles. The molecular formula is C10H18O4. The van der Waals surface area contributed by atoms with Gasteiger partial charge in [0.05, 0.1) is 18.1 Å². The van der Waals surface area contributed by atoms with Crippen molar-refractivity contribution in [3.63, 3.8) is 0 Å². The summed E-state index contributed by atoms with van der Waals surface area (Å²) in [5.41, 5.74) is 0. The van der Waals surface area contributed by atoms with E-state index in [-0.39, 0.29) is 18.0 Å². The number of carbonyl (C=O) groups is 1. The van der Waals surface area contributed by atoms with Gasteiger partial charge < -0.3 is 14.9 Å². The van der Waals surface area contributed by atoms with E-state index in [1.54, 1.807) is 6.92 Å². The Balaban J connectivity index is 2.12. The first-order valence-corrected chi connectivity index (χ1v) is 5.07. The first kappa shape index (κ1) is 11.5. The zero-order valence-corrected chi connectivity index (χ0v) is 8.64. The van der Waals surface area contributed by atoms with Crippen LogP contribution in [0.2, 0.25) is 0 Å². The van der Waals surface area contributed by atoms with E-state index in [1.807, 2.05) is 6.92 Å². The number of carbonyl (C=O) groups excluding carboxylic acids is 1. The molecule has 14 heavy (non-hydrogen) atoms. The third kappa shape index (κ3) is 2.96. The second-order valence-electron chi connectivity index (χ2n) is 4.08. The quantitative estimate of drug-likeness (QED) is 0.636. The van der Waals surface area contributed by atoms with Crippen molar-refractivity contribution in [3.05, 3.63) is 0 Å². The second kappa shape index (κ2) is 4.75. The van der Waals surface area contributed by atoms with E-state index in [0.29, 0.717) is 19.3 Å². The van der Waals surface area contributed by atoms with Gasteiger partial charge in [0.15, 0.2) is 0 Å². The topological polar surface area (TPSA) is 66.8 Å². The van der Waals surface area contributed by atoms with E-state index in [9.17, 15) is 9.90 Å². The van der Waals surface area contributed by atoms with Crippen LogP contribution in [0.5, 0.6) is 0 Å². The Morgan fingerprint density at radius 1 is 1.50 bits per heavy atom. The summed E-state index contributed by atoms with van der Waals surface area (Å²) in [6.07, 6.45) is 0.627. The Morgan fingerprint density at radius 2 is 2.14 bits per heavy atom. The van der Waals surface area contributed by atoms with Gasteiger partial charge in [0.2, 0.25) is 0 Å². The number of hydrogen-bond donors (Lipinski definition) is 2. The highest BCUT2D eigenvalue weighted by atomic mass is 16.6. The molecule has 0 unspecified atom stereocenters. The standard InChI is InChI=1S/C10H18O4/c1-6(11)5-8(12)3-4-9-7(2)10(13)14-9/h6-9,11-12H,3-5H2,1-2H3/t6-,7+,8+,9+/m0/s1. The van der Waals surface area contributed by atoms with Crippen LogP contribution in [0.3, 0.4) is 0 Å². The van der Waals surface area contributed by atoms with Gasteiger partial charge in [0, 0.05) is 0 Å². The summed E-state index contributed by atoms with van der Waals surface area (Å²) in [5.74, 6) is -0.186. The van der Waals surface area contributed by atoms with Crippen molar-refractivity contribution in [2.75, 3.05) is 0 Å². The van der Waals surface area contributed by atoms with Crippen LogP contribution in [0.1, 0.15) is 33.1 Å². The van der Waals surface area contributed by atoms with Gasteiger partial charge in [-0.3, -0.25) is 4.79 Å². The number of hydrogen-bond acceptors (Lipinski definition) is 4. The summed E-state index contributed by atoms with van der Waals surface area (Å²) in [4.78, 5) is 10.7. The maximum Gasteiger partial charge on any atom is 0.312 e. The highest BCUT2D eigenvalue weighted by Crippen LogP contribution is 2.26. The summed E-state index contributed by atoms with van der Waals surface area (Å²) in [7, 11) is 0. The van der Waals surface area contributed by atoms with Gasteiger partial charge in [-0.1, -0.05) is 0 Å². The van der Waals surface area contributed by atoms with Crippen LogP contribution in [0, 0.1) is 5.92 Å². The lowest BCUT2D eigenvalue weighted by atomic mass is 9.93. The lowest BCUT2D eigenvalue weighted by Crippen LogP contribution is -2.43. The van der Waals surface area contributed by atoms with Gasteiger partial charge in [-0.05, 0) is 33.1 Å². The molecule has 4 heteroatoms. The minimum atomic E-state index is -0.499. The maximum absolute atomic E-state index is 10.7. The van der Waals surface area contributed by atoms with Crippen LogP contribution < -0.4 is 0 Å². The molecule has 82 valence electrons. The van der Waals surface area contributed by atoms with E-state index >= 15 is 0 Å². The molecule has 0 saturated carbocycles. The molecule has 1 aliphatic rings. The number of rotatable bonds is 5. The van der Waals surface area contributed by atoms with E-state index in [2.05, 4.69) is 0 Å². The number of esters is 1. The number of cyclic esters (lactones) is 1. The Morgan fingerprint density at radius 3 is 2.57 bits per heavy atom. The molecule has 0 aromatic heterocycles. The minimum absolute atomic E-state index is 0.0336. The fourth-order valence-corrected chi connectivity index (χ4v) is 1.62. The third-order valence-corrected chi connectivity index (χ3v) is 2.59. The highest BCUT2D eigenvalue weighted by molar-refractivity contribution is 5.77. The molecule has 1 rings (SSSR count). The third-order valence-electron chi connectivity index (χ3n) is 2.59. The number of aliphatic hydroxyl groups excluding tert-OH is 2. The van der Waals surface area contributed by atoms with Gasteiger partial charge >= 0.3 is 5.97 Å². The smallest absolute Gasteiger partial charge is 0.312 e. The van der Waals surface area contributed by atoms with Crippen LogP contribution in [0.4, 0.5) is 0 Å². The zero-order valence-electron chi connectivity index (χ0n) is 8.64.